The van der Waals surface area contributed by atoms with Gasteiger partial charge >= 0.3 is 0 Å². The molecule has 1 aliphatic rings. The number of nitrogens with zero attached hydrogens (tertiary/aromatic N) is 1. The van der Waals surface area contributed by atoms with Gasteiger partial charge < -0.3 is 0 Å². The fourth-order valence-electron chi connectivity index (χ4n) is 1.62. The van der Waals surface area contributed by atoms with Crippen molar-refractivity contribution in [2.75, 3.05) is 0 Å². The van der Waals surface area contributed by atoms with E-state index in [1.807, 2.05) is 0 Å². The molecule has 0 bridgehead atoms. The minimum absolute atomic E-state index is 0.125. The summed E-state index contributed by atoms with van der Waals surface area (Å²) >= 11 is 0. The lowest BCUT2D eigenvalue weighted by Gasteiger charge is -2.12. The molecule has 0 saturated carbocycles. The number of nitro benzene ring substituents is 1. The zero-order valence-electron chi connectivity index (χ0n) is 7.73. The second-order valence-electron chi connectivity index (χ2n) is 3.33. The summed E-state index contributed by atoms with van der Waals surface area (Å²) in [6.45, 7) is 0. The average molecular weight is 205 g/mol. The Labute approximate surface area is 84.9 Å². The molecule has 1 aliphatic carbocycles. The molecule has 5 heteroatoms. The van der Waals surface area contributed by atoms with E-state index in [-0.39, 0.29) is 35.7 Å². The van der Waals surface area contributed by atoms with E-state index in [0.717, 1.165) is 0 Å². The third-order valence-corrected chi connectivity index (χ3v) is 2.39. The first-order valence-corrected chi connectivity index (χ1v) is 4.44. The molecule has 0 radical (unpaired) electrons. The number of ketones is 2. The van der Waals surface area contributed by atoms with E-state index in [2.05, 4.69) is 0 Å². The van der Waals surface area contributed by atoms with Crippen molar-refractivity contribution >= 4 is 17.3 Å². The van der Waals surface area contributed by atoms with E-state index >= 15 is 0 Å². The molecule has 5 nitrogen and oxygen atoms in total. The van der Waals surface area contributed by atoms with Crippen molar-refractivity contribution in [3.8, 4) is 0 Å². The molecule has 15 heavy (non-hydrogen) atoms. The summed E-state index contributed by atoms with van der Waals surface area (Å²) in [5.41, 5.74) is 0.328. The summed E-state index contributed by atoms with van der Waals surface area (Å²) in [5.74, 6) is -0.326. The minimum atomic E-state index is -0.577. The normalized spacial score (nSPS) is 14.9. The molecule has 0 heterocycles. The summed E-state index contributed by atoms with van der Waals surface area (Å²) in [6, 6.07) is 3.77. The van der Waals surface area contributed by atoms with Gasteiger partial charge in [-0.15, -0.1) is 0 Å². The average Bonchev–Trinajstić information content (AvgIpc) is 2.23. The highest BCUT2D eigenvalue weighted by Gasteiger charge is 2.25. The van der Waals surface area contributed by atoms with Crippen LogP contribution in [0.4, 0.5) is 5.69 Å². The maximum Gasteiger partial charge on any atom is 0.270 e. The number of hydrogen-bond donors (Lipinski definition) is 0. The highest BCUT2D eigenvalue weighted by Crippen LogP contribution is 2.25. The van der Waals surface area contributed by atoms with E-state index in [0.29, 0.717) is 5.56 Å². The molecule has 0 amide bonds. The number of carbonyl (C=O) groups excluding carboxylic acids is 2. The predicted octanol–water partition coefficient (Wildman–Crippen LogP) is 1.75. The van der Waals surface area contributed by atoms with Crippen LogP contribution in [0, 0.1) is 10.1 Å². The summed E-state index contributed by atoms with van der Waals surface area (Å²) in [4.78, 5) is 32.7. The molecule has 2 rings (SSSR count). The lowest BCUT2D eigenvalue weighted by molar-refractivity contribution is -0.384. The maximum absolute atomic E-state index is 11.4. The molecular weight excluding hydrogens is 198 g/mol. The van der Waals surface area contributed by atoms with Crippen molar-refractivity contribution in [3.63, 3.8) is 0 Å². The van der Waals surface area contributed by atoms with Gasteiger partial charge in [-0.25, -0.2) is 0 Å². The van der Waals surface area contributed by atoms with E-state index in [1.165, 1.54) is 18.2 Å². The van der Waals surface area contributed by atoms with E-state index in [4.69, 9.17) is 0 Å². The summed E-state index contributed by atoms with van der Waals surface area (Å²) in [6.07, 6.45) is 0.344. The SMILES string of the molecule is O=C1CCC(=O)c2cc([N+](=O)[O-])ccc21. The van der Waals surface area contributed by atoms with E-state index in [9.17, 15) is 19.7 Å². The van der Waals surface area contributed by atoms with Crippen LogP contribution in [-0.2, 0) is 0 Å². The zero-order chi connectivity index (χ0) is 11.0. The van der Waals surface area contributed by atoms with Gasteiger partial charge in [0.2, 0.25) is 0 Å². The Kier molecular flexibility index (Phi) is 2.07. The third-order valence-electron chi connectivity index (χ3n) is 2.39. The monoisotopic (exact) mass is 205 g/mol. The van der Waals surface area contributed by atoms with Gasteiger partial charge in [-0.2, -0.15) is 0 Å². The van der Waals surface area contributed by atoms with Crippen molar-refractivity contribution in [2.24, 2.45) is 0 Å². The molecule has 0 atom stereocenters. The maximum atomic E-state index is 11.4. The van der Waals surface area contributed by atoms with Crippen molar-refractivity contribution in [1.82, 2.24) is 0 Å². The first kappa shape index (κ1) is 9.51. The van der Waals surface area contributed by atoms with E-state index in [1.54, 1.807) is 0 Å². The smallest absolute Gasteiger partial charge is 0.270 e. The Morgan fingerprint density at radius 3 is 2.27 bits per heavy atom. The molecule has 0 aromatic heterocycles. The van der Waals surface area contributed by atoms with Crippen LogP contribution in [0.1, 0.15) is 33.6 Å². The van der Waals surface area contributed by atoms with Gasteiger partial charge in [0.25, 0.3) is 5.69 Å². The number of carbonyl (C=O) groups is 2. The Hall–Kier alpha value is -2.04. The highest BCUT2D eigenvalue weighted by molar-refractivity contribution is 6.14. The number of nitro groups is 1. The number of rotatable bonds is 1. The van der Waals surface area contributed by atoms with Gasteiger partial charge in [0.05, 0.1) is 4.92 Å². The second-order valence-corrected chi connectivity index (χ2v) is 3.33. The van der Waals surface area contributed by atoms with Gasteiger partial charge in [-0.05, 0) is 6.07 Å². The summed E-state index contributed by atoms with van der Waals surface area (Å²) < 4.78 is 0. The number of hydrogen-bond acceptors (Lipinski definition) is 4. The fraction of sp³-hybridized carbons (Fsp3) is 0.200. The fourth-order valence-corrected chi connectivity index (χ4v) is 1.62. The molecule has 0 fully saturated rings. The van der Waals surface area contributed by atoms with Gasteiger partial charge in [0, 0.05) is 36.1 Å². The second kappa shape index (κ2) is 3.27. The quantitative estimate of drug-likeness (QED) is 0.516. The first-order valence-electron chi connectivity index (χ1n) is 4.44. The molecule has 0 aliphatic heterocycles. The molecule has 1 aromatic rings. The topological polar surface area (TPSA) is 77.3 Å². The van der Waals surface area contributed by atoms with Crippen LogP contribution in [0.2, 0.25) is 0 Å². The number of benzene rings is 1. The van der Waals surface area contributed by atoms with Gasteiger partial charge in [-0.3, -0.25) is 19.7 Å². The van der Waals surface area contributed by atoms with E-state index < -0.39 is 4.92 Å². The van der Waals surface area contributed by atoms with Crippen molar-refractivity contribution in [2.45, 2.75) is 12.8 Å². The molecular formula is C10H7NO4. The van der Waals surface area contributed by atoms with Crippen LogP contribution in [0.25, 0.3) is 0 Å². The van der Waals surface area contributed by atoms with Crippen LogP contribution in [0.3, 0.4) is 0 Å². The lowest BCUT2D eigenvalue weighted by atomic mass is 9.89. The standard InChI is InChI=1S/C10H7NO4/c12-9-3-4-10(13)8-5-6(11(14)15)1-2-7(8)9/h1-2,5H,3-4H2. The molecule has 0 unspecified atom stereocenters. The molecule has 0 saturated heterocycles. The van der Waals surface area contributed by atoms with Crippen LogP contribution in [0.5, 0.6) is 0 Å². The van der Waals surface area contributed by atoms with Gasteiger partial charge in [0.1, 0.15) is 0 Å². The van der Waals surface area contributed by atoms with Gasteiger partial charge in [0.15, 0.2) is 11.6 Å². The summed E-state index contributed by atoms with van der Waals surface area (Å²) in [5, 5.41) is 10.5. The highest BCUT2D eigenvalue weighted by atomic mass is 16.6. The lowest BCUT2D eigenvalue weighted by Crippen LogP contribution is -2.16. The Morgan fingerprint density at radius 1 is 1.07 bits per heavy atom. The van der Waals surface area contributed by atoms with Crippen LogP contribution in [-0.4, -0.2) is 16.5 Å². The predicted molar refractivity (Wildman–Crippen MR) is 51.0 cm³/mol. The Balaban J connectivity index is 2.59. The third kappa shape index (κ3) is 1.52. The molecule has 76 valence electrons. The van der Waals surface area contributed by atoms with Crippen molar-refractivity contribution in [3.05, 3.63) is 39.4 Å². The number of non-ortho nitro benzene ring substituents is 1. The molecule has 0 N–H and O–H groups in total. The molecule has 0 spiro atoms. The van der Waals surface area contributed by atoms with Gasteiger partial charge in [-0.1, -0.05) is 0 Å². The molecule has 1 aromatic carbocycles. The van der Waals surface area contributed by atoms with Crippen LogP contribution >= 0.6 is 0 Å². The Bertz CT molecular complexity index is 478. The number of Topliss-reactive ketones (excluding diaryl/α,β-unsaturated/α-hetero) is 2. The van der Waals surface area contributed by atoms with Crippen molar-refractivity contribution in [1.29, 1.82) is 0 Å². The van der Waals surface area contributed by atoms with Crippen LogP contribution < -0.4 is 0 Å². The number of fused-ring (bicyclic) bond motifs is 1. The largest absolute Gasteiger partial charge is 0.294 e. The minimum Gasteiger partial charge on any atom is -0.294 e. The summed E-state index contributed by atoms with van der Waals surface area (Å²) in [7, 11) is 0. The van der Waals surface area contributed by atoms with Crippen LogP contribution in [0.15, 0.2) is 18.2 Å². The zero-order valence-corrected chi connectivity index (χ0v) is 7.73. The first-order chi connectivity index (χ1) is 7.09. The van der Waals surface area contributed by atoms with Crippen molar-refractivity contribution < 1.29 is 14.5 Å². The Morgan fingerprint density at radius 2 is 1.67 bits per heavy atom.